The highest BCUT2D eigenvalue weighted by Gasteiger charge is 2.42. The average Bonchev–Trinajstić information content (AvgIpc) is 2.93. The number of hydrogen-bond acceptors (Lipinski definition) is 5. The Kier molecular flexibility index (Phi) is 11.9. The van der Waals surface area contributed by atoms with Crippen LogP contribution in [0.2, 0.25) is 18.1 Å². The maximum absolute atomic E-state index is 11.4. The molecule has 0 bridgehead atoms. The molecule has 0 aromatic heterocycles. The molecule has 0 spiro atoms. The van der Waals surface area contributed by atoms with Crippen molar-refractivity contribution < 1.29 is 28.5 Å². The number of hydrogen-bond donors (Lipinski definition) is 1. The van der Waals surface area contributed by atoms with Gasteiger partial charge in [0.05, 0.1) is 12.2 Å². The zero-order chi connectivity index (χ0) is 30.1. The van der Waals surface area contributed by atoms with E-state index in [1.165, 1.54) is 37.7 Å². The van der Waals surface area contributed by atoms with Crippen LogP contribution in [-0.2, 0) is 14.6 Å². The van der Waals surface area contributed by atoms with Gasteiger partial charge in [-0.15, -0.1) is 0 Å². The van der Waals surface area contributed by atoms with Gasteiger partial charge in [0.1, 0.15) is 11.5 Å². The van der Waals surface area contributed by atoms with E-state index in [9.17, 15) is 9.90 Å². The first-order valence-electron chi connectivity index (χ1n) is 15.3. The summed E-state index contributed by atoms with van der Waals surface area (Å²) in [5.74, 6) is 0.942. The lowest BCUT2D eigenvalue weighted by atomic mass is 9.66. The molecule has 0 saturated carbocycles. The zero-order valence-corrected chi connectivity index (χ0v) is 27.4. The molecule has 7 heteroatoms. The largest absolute Gasteiger partial charge is 0.492 e. The molecule has 41 heavy (non-hydrogen) atoms. The molecule has 228 valence electrons. The highest BCUT2D eigenvalue weighted by atomic mass is 28.4. The standard InChI is InChI=1S/C34H52O6Si/c1-33(2,3)41(6,7)40-22-14-12-10-8-9-11-13-15-30-29-21-20-28(39-25-37-5)23-31(29)38-24-34(30,4)27-18-16-26(17-19-27)32(35)36/h16-21,23,30H,8-15,22,24-25H2,1-7H3,(H,35,36). The predicted octanol–water partition coefficient (Wildman–Crippen LogP) is 8.94. The Balaban J connectivity index is 1.57. The van der Waals surface area contributed by atoms with Crippen LogP contribution in [0.15, 0.2) is 42.5 Å². The third kappa shape index (κ3) is 8.82. The number of benzene rings is 2. The minimum Gasteiger partial charge on any atom is -0.492 e. The molecule has 2 atom stereocenters. The maximum Gasteiger partial charge on any atom is 0.335 e. The number of rotatable bonds is 16. The highest BCUT2D eigenvalue weighted by Crippen LogP contribution is 2.49. The molecule has 1 aliphatic rings. The molecule has 3 rings (SSSR count). The van der Waals surface area contributed by atoms with Gasteiger partial charge >= 0.3 is 5.97 Å². The van der Waals surface area contributed by atoms with E-state index in [2.05, 4.69) is 46.9 Å². The summed E-state index contributed by atoms with van der Waals surface area (Å²) in [4.78, 5) is 11.4. The summed E-state index contributed by atoms with van der Waals surface area (Å²) < 4.78 is 23.3. The number of fused-ring (bicyclic) bond motifs is 1. The van der Waals surface area contributed by atoms with Crippen LogP contribution < -0.4 is 9.47 Å². The number of carboxylic acids is 1. The summed E-state index contributed by atoms with van der Waals surface area (Å²) in [6.45, 7) is 15.4. The Morgan fingerprint density at radius 3 is 2.24 bits per heavy atom. The highest BCUT2D eigenvalue weighted by molar-refractivity contribution is 6.74. The number of methoxy groups -OCH3 is 1. The quantitative estimate of drug-likeness (QED) is 0.121. The van der Waals surface area contributed by atoms with Gasteiger partial charge in [0.2, 0.25) is 0 Å². The van der Waals surface area contributed by atoms with Crippen LogP contribution in [0.25, 0.3) is 0 Å². The van der Waals surface area contributed by atoms with Crippen LogP contribution in [0.4, 0.5) is 0 Å². The number of unbranched alkanes of at least 4 members (excludes halogenated alkanes) is 6. The Labute approximate surface area is 248 Å². The Morgan fingerprint density at radius 1 is 1.00 bits per heavy atom. The van der Waals surface area contributed by atoms with Crippen molar-refractivity contribution in [3.05, 3.63) is 59.2 Å². The maximum atomic E-state index is 11.4. The molecular formula is C34H52O6Si. The molecule has 1 heterocycles. The van der Waals surface area contributed by atoms with Crippen LogP contribution in [0.5, 0.6) is 11.5 Å². The fourth-order valence-electron chi connectivity index (χ4n) is 5.45. The van der Waals surface area contributed by atoms with Gasteiger partial charge < -0.3 is 23.7 Å². The molecule has 2 aromatic carbocycles. The second-order valence-electron chi connectivity index (χ2n) is 13.3. The minimum atomic E-state index is -1.63. The van der Waals surface area contributed by atoms with Crippen molar-refractivity contribution in [2.75, 3.05) is 27.1 Å². The summed E-state index contributed by atoms with van der Waals surface area (Å²) in [7, 11) is -0.0264. The van der Waals surface area contributed by atoms with Gasteiger partial charge in [-0.3, -0.25) is 0 Å². The van der Waals surface area contributed by atoms with Crippen LogP contribution in [0.1, 0.15) is 106 Å². The fourth-order valence-corrected chi connectivity index (χ4v) is 6.53. The molecule has 0 saturated heterocycles. The monoisotopic (exact) mass is 584 g/mol. The molecule has 0 aliphatic carbocycles. The molecule has 0 radical (unpaired) electrons. The summed E-state index contributed by atoms with van der Waals surface area (Å²) >= 11 is 0. The third-order valence-electron chi connectivity index (χ3n) is 9.20. The van der Waals surface area contributed by atoms with Crippen molar-refractivity contribution in [1.82, 2.24) is 0 Å². The van der Waals surface area contributed by atoms with E-state index in [0.29, 0.717) is 12.2 Å². The van der Waals surface area contributed by atoms with Crippen molar-refractivity contribution in [3.8, 4) is 11.5 Å². The van der Waals surface area contributed by atoms with Gasteiger partial charge in [-0.25, -0.2) is 4.79 Å². The van der Waals surface area contributed by atoms with Crippen molar-refractivity contribution in [1.29, 1.82) is 0 Å². The van der Waals surface area contributed by atoms with E-state index in [4.69, 9.17) is 18.6 Å². The first kappa shape index (κ1) is 33.2. The van der Waals surface area contributed by atoms with Gasteiger partial charge in [0, 0.05) is 31.1 Å². The van der Waals surface area contributed by atoms with Gasteiger partial charge in [-0.2, -0.15) is 0 Å². The predicted molar refractivity (Wildman–Crippen MR) is 168 cm³/mol. The van der Waals surface area contributed by atoms with Crippen LogP contribution >= 0.6 is 0 Å². The normalized spacial score (nSPS) is 19.0. The number of aromatic carboxylic acids is 1. The average molecular weight is 585 g/mol. The molecule has 0 fully saturated rings. The van der Waals surface area contributed by atoms with Crippen molar-refractivity contribution in [2.24, 2.45) is 0 Å². The van der Waals surface area contributed by atoms with E-state index in [0.717, 1.165) is 42.9 Å². The summed E-state index contributed by atoms with van der Waals surface area (Å²) in [6.07, 6.45) is 9.55. The lowest BCUT2D eigenvalue weighted by Gasteiger charge is -2.43. The van der Waals surface area contributed by atoms with E-state index in [1.807, 2.05) is 24.3 Å². The summed E-state index contributed by atoms with van der Waals surface area (Å²) in [5, 5.41) is 9.65. The van der Waals surface area contributed by atoms with Gasteiger partial charge in [-0.1, -0.05) is 84.4 Å². The molecule has 1 aliphatic heterocycles. The molecule has 6 nitrogen and oxygen atoms in total. The minimum absolute atomic E-state index is 0.194. The number of ether oxygens (including phenoxy) is 3. The second-order valence-corrected chi connectivity index (χ2v) is 18.1. The van der Waals surface area contributed by atoms with Crippen LogP contribution in [0, 0.1) is 0 Å². The van der Waals surface area contributed by atoms with E-state index in [-0.39, 0.29) is 23.2 Å². The van der Waals surface area contributed by atoms with Crippen LogP contribution in [0.3, 0.4) is 0 Å². The smallest absolute Gasteiger partial charge is 0.335 e. The lowest BCUT2D eigenvalue weighted by molar-refractivity contribution is 0.0506. The SMILES string of the molecule is COCOc1ccc2c(c1)OCC(C)(c1ccc(C(=O)O)cc1)C2CCCCCCCCCO[Si](C)(C)C(C)(C)C. The number of carbonyl (C=O) groups is 1. The Bertz CT molecular complexity index is 1110. The lowest BCUT2D eigenvalue weighted by Crippen LogP contribution is -2.40. The molecule has 2 unspecified atom stereocenters. The second kappa shape index (κ2) is 14.7. The molecular weight excluding hydrogens is 532 g/mol. The molecule has 2 aromatic rings. The van der Waals surface area contributed by atoms with Gasteiger partial charge in [0.15, 0.2) is 15.1 Å². The summed E-state index contributed by atoms with van der Waals surface area (Å²) in [6, 6.07) is 13.4. The molecule has 0 amide bonds. The van der Waals surface area contributed by atoms with Crippen LogP contribution in [-0.4, -0.2) is 46.5 Å². The number of carboxylic acid groups (broad SMARTS) is 1. The Morgan fingerprint density at radius 2 is 1.63 bits per heavy atom. The van der Waals surface area contributed by atoms with Gasteiger partial charge in [0.25, 0.3) is 0 Å². The van der Waals surface area contributed by atoms with Gasteiger partial charge in [-0.05, 0) is 60.3 Å². The van der Waals surface area contributed by atoms with Crippen molar-refractivity contribution in [2.45, 2.75) is 109 Å². The van der Waals surface area contributed by atoms with E-state index < -0.39 is 14.3 Å². The first-order chi connectivity index (χ1) is 19.4. The topological polar surface area (TPSA) is 74.2 Å². The zero-order valence-electron chi connectivity index (χ0n) is 26.4. The Hall–Kier alpha value is -2.35. The van der Waals surface area contributed by atoms with Crippen molar-refractivity contribution >= 4 is 14.3 Å². The van der Waals surface area contributed by atoms with E-state index in [1.54, 1.807) is 19.2 Å². The first-order valence-corrected chi connectivity index (χ1v) is 18.2. The third-order valence-corrected chi connectivity index (χ3v) is 13.7. The van der Waals surface area contributed by atoms with Crippen molar-refractivity contribution in [3.63, 3.8) is 0 Å². The molecule has 1 N–H and O–H groups in total. The fraction of sp³-hybridized carbons (Fsp3) is 0.618. The van der Waals surface area contributed by atoms with E-state index >= 15 is 0 Å². The summed E-state index contributed by atoms with van der Waals surface area (Å²) in [5.41, 5.74) is 2.34.